The molecule has 6 nitrogen and oxygen atoms in total. The van der Waals surface area contributed by atoms with Crippen molar-refractivity contribution < 1.29 is 27.2 Å². The van der Waals surface area contributed by atoms with Crippen LogP contribution in [0, 0.1) is 5.92 Å². The summed E-state index contributed by atoms with van der Waals surface area (Å²) in [4.78, 5) is -0.115. The van der Waals surface area contributed by atoms with Crippen LogP contribution in [0.4, 0.5) is 0 Å². The van der Waals surface area contributed by atoms with E-state index >= 15 is 0 Å². The molecule has 0 spiro atoms. The maximum atomic E-state index is 11.4. The summed E-state index contributed by atoms with van der Waals surface area (Å²) in [6, 6.07) is 10.1. The standard InChI is InChI=1S/C20H25BrO6S/c1-13(11-27-12-15-5-8-19(25-3)20(9-15)26-4)14(2)17-10-16(28(22,23)24)6-7-18(17)21/h5-10,13-14H,11-12H2,1-4H3,(H,22,23,24). The number of ether oxygens (including phenoxy) is 3. The van der Waals surface area contributed by atoms with Gasteiger partial charge in [-0.1, -0.05) is 35.8 Å². The number of hydrogen-bond donors (Lipinski definition) is 1. The van der Waals surface area contributed by atoms with Crippen molar-refractivity contribution in [2.75, 3.05) is 20.8 Å². The zero-order valence-electron chi connectivity index (χ0n) is 16.3. The lowest BCUT2D eigenvalue weighted by molar-refractivity contribution is 0.0851. The summed E-state index contributed by atoms with van der Waals surface area (Å²) < 4.78 is 49.3. The average Bonchev–Trinajstić information content (AvgIpc) is 2.66. The largest absolute Gasteiger partial charge is 0.493 e. The van der Waals surface area contributed by atoms with Crippen LogP contribution in [-0.2, 0) is 21.5 Å². The van der Waals surface area contributed by atoms with Gasteiger partial charge in [0.2, 0.25) is 0 Å². The topological polar surface area (TPSA) is 82.1 Å². The van der Waals surface area contributed by atoms with Crippen LogP contribution in [-0.4, -0.2) is 33.8 Å². The molecule has 1 N–H and O–H groups in total. The lowest BCUT2D eigenvalue weighted by Crippen LogP contribution is -2.14. The smallest absolute Gasteiger partial charge is 0.294 e. The number of halogens is 1. The van der Waals surface area contributed by atoms with Crippen molar-refractivity contribution in [1.82, 2.24) is 0 Å². The van der Waals surface area contributed by atoms with Crippen LogP contribution in [0.3, 0.4) is 0 Å². The Kier molecular flexibility index (Phi) is 7.88. The average molecular weight is 473 g/mol. The van der Waals surface area contributed by atoms with Crippen molar-refractivity contribution in [3.05, 3.63) is 52.0 Å². The highest BCUT2D eigenvalue weighted by atomic mass is 79.9. The fourth-order valence-electron chi connectivity index (χ4n) is 2.82. The van der Waals surface area contributed by atoms with Crippen molar-refractivity contribution >= 4 is 26.0 Å². The van der Waals surface area contributed by atoms with Gasteiger partial charge in [0.15, 0.2) is 11.5 Å². The first-order valence-electron chi connectivity index (χ1n) is 8.73. The zero-order chi connectivity index (χ0) is 20.9. The maximum absolute atomic E-state index is 11.4. The summed E-state index contributed by atoms with van der Waals surface area (Å²) in [5.74, 6) is 1.45. The van der Waals surface area contributed by atoms with Gasteiger partial charge in [0.05, 0.1) is 32.3 Å². The van der Waals surface area contributed by atoms with E-state index in [1.165, 1.54) is 12.1 Å². The van der Waals surface area contributed by atoms with Gasteiger partial charge in [-0.2, -0.15) is 8.42 Å². The van der Waals surface area contributed by atoms with Gasteiger partial charge in [0.1, 0.15) is 0 Å². The van der Waals surface area contributed by atoms with Gasteiger partial charge in [-0.05, 0) is 53.3 Å². The Balaban J connectivity index is 2.03. The minimum absolute atomic E-state index is 0.0153. The van der Waals surface area contributed by atoms with E-state index in [2.05, 4.69) is 15.9 Å². The van der Waals surface area contributed by atoms with Gasteiger partial charge >= 0.3 is 0 Å². The predicted molar refractivity (Wildman–Crippen MR) is 111 cm³/mol. The van der Waals surface area contributed by atoms with Crippen molar-refractivity contribution in [3.8, 4) is 11.5 Å². The van der Waals surface area contributed by atoms with Crippen molar-refractivity contribution in [2.45, 2.75) is 31.3 Å². The van der Waals surface area contributed by atoms with Crippen LogP contribution in [0.2, 0.25) is 0 Å². The van der Waals surface area contributed by atoms with Crippen LogP contribution in [0.1, 0.15) is 30.9 Å². The number of benzene rings is 2. The first-order valence-corrected chi connectivity index (χ1v) is 11.0. The molecule has 2 atom stereocenters. The predicted octanol–water partition coefficient (Wildman–Crippen LogP) is 4.67. The van der Waals surface area contributed by atoms with E-state index in [0.717, 1.165) is 15.6 Å². The van der Waals surface area contributed by atoms with Crippen molar-refractivity contribution in [2.24, 2.45) is 5.92 Å². The van der Waals surface area contributed by atoms with E-state index in [0.29, 0.717) is 24.7 Å². The summed E-state index contributed by atoms with van der Waals surface area (Å²) >= 11 is 3.46. The molecule has 0 saturated carbocycles. The minimum atomic E-state index is -4.24. The summed E-state index contributed by atoms with van der Waals surface area (Å²) in [6.07, 6.45) is 0. The molecule has 8 heteroatoms. The van der Waals surface area contributed by atoms with E-state index in [-0.39, 0.29) is 16.7 Å². The third kappa shape index (κ3) is 5.70. The van der Waals surface area contributed by atoms with E-state index in [1.807, 2.05) is 32.0 Å². The van der Waals surface area contributed by atoms with E-state index in [1.54, 1.807) is 20.3 Å². The van der Waals surface area contributed by atoms with Gasteiger partial charge in [-0.25, -0.2) is 0 Å². The van der Waals surface area contributed by atoms with Crippen molar-refractivity contribution in [1.29, 1.82) is 0 Å². The van der Waals surface area contributed by atoms with Gasteiger partial charge in [-0.3, -0.25) is 4.55 Å². The van der Waals surface area contributed by atoms with E-state index < -0.39 is 10.1 Å². The molecule has 0 bridgehead atoms. The highest BCUT2D eigenvalue weighted by molar-refractivity contribution is 9.10. The molecular formula is C20H25BrO6S. The Bertz CT molecular complexity index is 913. The molecule has 0 aromatic heterocycles. The fraction of sp³-hybridized carbons (Fsp3) is 0.400. The number of methoxy groups -OCH3 is 2. The molecule has 0 aliphatic rings. The molecule has 0 amide bonds. The molecule has 0 aliphatic carbocycles. The van der Waals surface area contributed by atoms with E-state index in [4.69, 9.17) is 14.2 Å². The fourth-order valence-corrected chi connectivity index (χ4v) is 3.94. The molecule has 2 rings (SSSR count). The summed E-state index contributed by atoms with van der Waals surface area (Å²) in [5.41, 5.74) is 1.77. The third-order valence-electron chi connectivity index (χ3n) is 4.71. The second-order valence-electron chi connectivity index (χ2n) is 6.63. The highest BCUT2D eigenvalue weighted by Gasteiger charge is 2.20. The van der Waals surface area contributed by atoms with Crippen LogP contribution in [0.25, 0.3) is 0 Å². The minimum Gasteiger partial charge on any atom is -0.493 e. The Labute approximate surface area is 174 Å². The van der Waals surface area contributed by atoms with Crippen LogP contribution in [0.5, 0.6) is 11.5 Å². The highest BCUT2D eigenvalue weighted by Crippen LogP contribution is 2.33. The molecular weight excluding hydrogens is 448 g/mol. The van der Waals surface area contributed by atoms with Gasteiger partial charge in [0, 0.05) is 4.47 Å². The lowest BCUT2D eigenvalue weighted by atomic mass is 9.89. The first kappa shape index (κ1) is 22.7. The molecule has 154 valence electrons. The number of hydrogen-bond acceptors (Lipinski definition) is 5. The normalized spacial score (nSPS) is 13.8. The number of rotatable bonds is 9. The molecule has 28 heavy (non-hydrogen) atoms. The summed E-state index contributed by atoms with van der Waals surface area (Å²) in [6.45, 7) is 4.94. The van der Waals surface area contributed by atoms with Crippen LogP contribution < -0.4 is 9.47 Å². The molecule has 0 fully saturated rings. The second-order valence-corrected chi connectivity index (χ2v) is 8.90. The second kappa shape index (κ2) is 9.73. The quantitative estimate of drug-likeness (QED) is 0.533. The van der Waals surface area contributed by atoms with Gasteiger partial charge in [-0.15, -0.1) is 0 Å². The summed E-state index contributed by atoms with van der Waals surface area (Å²) in [7, 11) is -1.06. The Morgan fingerprint density at radius 3 is 2.32 bits per heavy atom. The monoisotopic (exact) mass is 472 g/mol. The third-order valence-corrected chi connectivity index (χ3v) is 6.28. The molecule has 2 aromatic rings. The first-order chi connectivity index (χ1) is 13.2. The van der Waals surface area contributed by atoms with Gasteiger partial charge < -0.3 is 14.2 Å². The SMILES string of the molecule is COc1ccc(COCC(C)C(C)c2cc(S(=O)(=O)O)ccc2Br)cc1OC. The van der Waals surface area contributed by atoms with Crippen LogP contribution >= 0.6 is 15.9 Å². The Morgan fingerprint density at radius 1 is 1.04 bits per heavy atom. The van der Waals surface area contributed by atoms with Crippen molar-refractivity contribution in [3.63, 3.8) is 0 Å². The molecule has 2 aromatic carbocycles. The maximum Gasteiger partial charge on any atom is 0.294 e. The van der Waals surface area contributed by atoms with Crippen LogP contribution in [0.15, 0.2) is 45.8 Å². The molecule has 0 radical (unpaired) electrons. The molecule has 0 heterocycles. The molecule has 0 aliphatic heterocycles. The summed E-state index contributed by atoms with van der Waals surface area (Å²) in [5, 5.41) is 0. The Morgan fingerprint density at radius 2 is 1.71 bits per heavy atom. The zero-order valence-corrected chi connectivity index (χ0v) is 18.7. The molecule has 0 saturated heterocycles. The van der Waals surface area contributed by atoms with Gasteiger partial charge in [0.25, 0.3) is 10.1 Å². The van der Waals surface area contributed by atoms with E-state index in [9.17, 15) is 13.0 Å². The Hall–Kier alpha value is -1.61. The lowest BCUT2D eigenvalue weighted by Gasteiger charge is -2.22. The molecule has 2 unspecified atom stereocenters.